The van der Waals surface area contributed by atoms with Gasteiger partial charge < -0.3 is 0 Å². The third-order valence-electron chi connectivity index (χ3n) is 4.38. The van der Waals surface area contributed by atoms with Gasteiger partial charge in [-0.3, -0.25) is 11.3 Å². The summed E-state index contributed by atoms with van der Waals surface area (Å²) >= 11 is 5.81. The molecule has 0 saturated heterocycles. The predicted octanol–water partition coefficient (Wildman–Crippen LogP) is 4.21. The molecule has 1 unspecified atom stereocenters. The second-order valence-electron chi connectivity index (χ2n) is 5.86. The maximum atomic E-state index is 13.9. The molecule has 0 radical (unpaired) electrons. The minimum absolute atomic E-state index is 0.116. The molecule has 2 rings (SSSR count). The maximum Gasteiger partial charge on any atom is 0.145 e. The van der Waals surface area contributed by atoms with Crippen LogP contribution in [0.4, 0.5) is 4.39 Å². The van der Waals surface area contributed by atoms with E-state index in [2.05, 4.69) is 5.43 Å². The van der Waals surface area contributed by atoms with Gasteiger partial charge in [0, 0.05) is 6.04 Å². The summed E-state index contributed by atoms with van der Waals surface area (Å²) in [4.78, 5) is 0. The van der Waals surface area contributed by atoms with Gasteiger partial charge in [-0.1, -0.05) is 55.8 Å². The zero-order valence-corrected chi connectivity index (χ0v) is 12.6. The van der Waals surface area contributed by atoms with Crippen LogP contribution in [0, 0.1) is 11.7 Å². The average molecular weight is 299 g/mol. The second kappa shape index (κ2) is 7.96. The van der Waals surface area contributed by atoms with Gasteiger partial charge in [0.2, 0.25) is 0 Å². The van der Waals surface area contributed by atoms with Crippen molar-refractivity contribution in [3.63, 3.8) is 0 Å². The van der Waals surface area contributed by atoms with Crippen molar-refractivity contribution >= 4 is 11.6 Å². The molecule has 1 aromatic rings. The number of hydrogen-bond donors (Lipinski definition) is 2. The Morgan fingerprint density at radius 2 is 2.05 bits per heavy atom. The van der Waals surface area contributed by atoms with Crippen LogP contribution in [-0.4, -0.2) is 6.04 Å². The largest absolute Gasteiger partial charge is 0.271 e. The summed E-state index contributed by atoms with van der Waals surface area (Å²) in [6, 6.07) is 5.26. The van der Waals surface area contributed by atoms with Crippen molar-refractivity contribution in [2.24, 2.45) is 11.8 Å². The summed E-state index contributed by atoms with van der Waals surface area (Å²) in [7, 11) is 0. The van der Waals surface area contributed by atoms with Crippen molar-refractivity contribution in [1.29, 1.82) is 0 Å². The smallest absolute Gasteiger partial charge is 0.145 e. The maximum absolute atomic E-state index is 13.9. The van der Waals surface area contributed by atoms with E-state index in [0.717, 1.165) is 12.3 Å². The highest BCUT2D eigenvalue weighted by Gasteiger charge is 2.17. The first kappa shape index (κ1) is 15.7. The Balaban J connectivity index is 1.86. The molecule has 0 spiro atoms. The normalized spacial score (nSPS) is 18.1. The molecule has 2 nitrogen and oxygen atoms in total. The molecule has 1 saturated carbocycles. The lowest BCUT2D eigenvalue weighted by Gasteiger charge is -2.24. The molecule has 0 bridgehead atoms. The van der Waals surface area contributed by atoms with E-state index >= 15 is 0 Å². The van der Waals surface area contributed by atoms with E-state index < -0.39 is 0 Å². The summed E-state index contributed by atoms with van der Waals surface area (Å²) < 4.78 is 13.9. The molecule has 1 aromatic carbocycles. The topological polar surface area (TPSA) is 38.0 Å². The molecule has 0 aliphatic heterocycles. The third kappa shape index (κ3) is 4.44. The Hall–Kier alpha value is -0.640. The molecule has 1 fully saturated rings. The Morgan fingerprint density at radius 1 is 1.30 bits per heavy atom. The van der Waals surface area contributed by atoms with Gasteiger partial charge >= 0.3 is 0 Å². The molecular weight excluding hydrogens is 275 g/mol. The molecule has 20 heavy (non-hydrogen) atoms. The Kier molecular flexibility index (Phi) is 6.27. The van der Waals surface area contributed by atoms with Gasteiger partial charge in [-0.25, -0.2) is 4.39 Å². The third-order valence-corrected chi connectivity index (χ3v) is 4.67. The molecule has 1 aliphatic carbocycles. The standard InChI is InChI=1S/C16H24ClFN2/c17-15-8-4-7-13(16(15)18)11-14(20-19)10-9-12-5-2-1-3-6-12/h4,7-8,12,14,20H,1-3,5-6,9-11,19H2. The lowest BCUT2D eigenvalue weighted by Crippen LogP contribution is -2.37. The molecule has 112 valence electrons. The summed E-state index contributed by atoms with van der Waals surface area (Å²) in [5.74, 6) is 6.13. The molecule has 4 heteroatoms. The van der Waals surface area contributed by atoms with Crippen LogP contribution in [-0.2, 0) is 6.42 Å². The van der Waals surface area contributed by atoms with Crippen LogP contribution in [0.5, 0.6) is 0 Å². The zero-order chi connectivity index (χ0) is 14.4. The number of halogens is 2. The van der Waals surface area contributed by atoms with Gasteiger partial charge in [0.15, 0.2) is 0 Å². The van der Waals surface area contributed by atoms with E-state index in [0.29, 0.717) is 12.0 Å². The summed E-state index contributed by atoms with van der Waals surface area (Å²) in [6.07, 6.45) is 9.52. The van der Waals surface area contributed by atoms with Crippen molar-refractivity contribution in [2.75, 3.05) is 0 Å². The van der Waals surface area contributed by atoms with Crippen molar-refractivity contribution in [2.45, 2.75) is 57.4 Å². The second-order valence-corrected chi connectivity index (χ2v) is 6.27. The highest BCUT2D eigenvalue weighted by molar-refractivity contribution is 6.30. The number of nitrogens with one attached hydrogen (secondary N) is 1. The van der Waals surface area contributed by atoms with E-state index in [1.54, 1.807) is 18.2 Å². The SMILES string of the molecule is NNC(CCC1CCCCC1)Cc1cccc(Cl)c1F. The van der Waals surface area contributed by atoms with E-state index in [-0.39, 0.29) is 16.9 Å². The predicted molar refractivity (Wildman–Crippen MR) is 82.0 cm³/mol. The van der Waals surface area contributed by atoms with Gasteiger partial charge in [0.05, 0.1) is 5.02 Å². The van der Waals surface area contributed by atoms with Crippen molar-refractivity contribution in [1.82, 2.24) is 5.43 Å². The first-order valence-electron chi connectivity index (χ1n) is 7.59. The molecule has 3 N–H and O–H groups in total. The van der Waals surface area contributed by atoms with Crippen molar-refractivity contribution in [3.05, 3.63) is 34.6 Å². The molecule has 0 heterocycles. The van der Waals surface area contributed by atoms with Crippen molar-refractivity contribution in [3.8, 4) is 0 Å². The quantitative estimate of drug-likeness (QED) is 0.610. The highest BCUT2D eigenvalue weighted by Crippen LogP contribution is 2.28. The molecule has 0 amide bonds. The monoisotopic (exact) mass is 298 g/mol. The number of nitrogens with two attached hydrogens (primary N) is 1. The van der Waals surface area contributed by atoms with Gasteiger partial charge in [-0.05, 0) is 36.8 Å². The minimum atomic E-state index is -0.313. The van der Waals surface area contributed by atoms with Crippen LogP contribution in [0.1, 0.15) is 50.5 Å². The van der Waals surface area contributed by atoms with E-state index in [1.165, 1.54) is 38.5 Å². The summed E-state index contributed by atoms with van der Waals surface area (Å²) in [6.45, 7) is 0. The summed E-state index contributed by atoms with van der Waals surface area (Å²) in [5, 5.41) is 0.186. The van der Waals surface area contributed by atoms with E-state index in [1.807, 2.05) is 0 Å². The van der Waals surface area contributed by atoms with Crippen molar-refractivity contribution < 1.29 is 4.39 Å². The Bertz CT molecular complexity index is 419. The lowest BCUT2D eigenvalue weighted by molar-refractivity contribution is 0.312. The summed E-state index contributed by atoms with van der Waals surface area (Å²) in [5.41, 5.74) is 3.47. The van der Waals surface area contributed by atoms with Crippen LogP contribution < -0.4 is 11.3 Å². The molecule has 1 aliphatic rings. The lowest BCUT2D eigenvalue weighted by atomic mass is 9.84. The average Bonchev–Trinajstić information content (AvgIpc) is 2.49. The van der Waals surface area contributed by atoms with Crippen LogP contribution in [0.3, 0.4) is 0 Å². The first-order valence-corrected chi connectivity index (χ1v) is 7.97. The van der Waals surface area contributed by atoms with Gasteiger partial charge in [0.25, 0.3) is 0 Å². The molecule has 0 aromatic heterocycles. The highest BCUT2D eigenvalue weighted by atomic mass is 35.5. The minimum Gasteiger partial charge on any atom is -0.271 e. The van der Waals surface area contributed by atoms with Crippen LogP contribution in [0.15, 0.2) is 18.2 Å². The zero-order valence-electron chi connectivity index (χ0n) is 11.9. The van der Waals surface area contributed by atoms with Gasteiger partial charge in [0.1, 0.15) is 5.82 Å². The number of hydrogen-bond acceptors (Lipinski definition) is 2. The number of benzene rings is 1. The Morgan fingerprint density at radius 3 is 2.75 bits per heavy atom. The van der Waals surface area contributed by atoms with Crippen LogP contribution in [0.25, 0.3) is 0 Å². The first-order chi connectivity index (χ1) is 9.70. The number of hydrazine groups is 1. The fourth-order valence-corrected chi connectivity index (χ4v) is 3.32. The van der Waals surface area contributed by atoms with E-state index in [4.69, 9.17) is 17.4 Å². The Labute approximate surface area is 125 Å². The van der Waals surface area contributed by atoms with Gasteiger partial charge in [-0.2, -0.15) is 0 Å². The fraction of sp³-hybridized carbons (Fsp3) is 0.625. The fourth-order valence-electron chi connectivity index (χ4n) is 3.13. The van der Waals surface area contributed by atoms with E-state index in [9.17, 15) is 4.39 Å². The van der Waals surface area contributed by atoms with Gasteiger partial charge in [-0.15, -0.1) is 0 Å². The number of rotatable bonds is 6. The molecule has 1 atom stereocenters. The molecular formula is C16H24ClFN2. The van der Waals surface area contributed by atoms with Crippen LogP contribution >= 0.6 is 11.6 Å². The van der Waals surface area contributed by atoms with Crippen LogP contribution in [0.2, 0.25) is 5.02 Å².